The van der Waals surface area contributed by atoms with Crippen LogP contribution in [0, 0.1) is 34.6 Å². The summed E-state index contributed by atoms with van der Waals surface area (Å²) in [5.41, 5.74) is -0.707. The third kappa shape index (κ3) is 2.72. The maximum Gasteiger partial charge on any atom is 0.181 e. The Morgan fingerprint density at radius 1 is 1.00 bits per heavy atom. The number of anilines is 1. The second kappa shape index (κ2) is 5.61. The fraction of sp³-hybridized carbons (Fsp3) is 0.0714. The molecule has 0 aliphatic heterocycles. The maximum absolute atomic E-state index is 13.6. The van der Waals surface area contributed by atoms with Gasteiger partial charge in [0, 0.05) is 12.1 Å². The zero-order chi connectivity index (χ0) is 14.7. The standard InChI is InChI=1S/C14H8F4N2/c15-10-2-1-3-13(14(10)18)20-7-9-11(16)4-8(6-19)5-12(9)17/h1-5,20H,7H2. The number of nitrogens with one attached hydrogen (secondary N) is 1. The van der Waals surface area contributed by atoms with E-state index in [1.807, 2.05) is 0 Å². The Balaban J connectivity index is 2.24. The van der Waals surface area contributed by atoms with Gasteiger partial charge in [0.2, 0.25) is 0 Å². The van der Waals surface area contributed by atoms with Crippen molar-refractivity contribution in [1.29, 1.82) is 5.26 Å². The lowest BCUT2D eigenvalue weighted by Gasteiger charge is -2.10. The van der Waals surface area contributed by atoms with E-state index in [1.54, 1.807) is 6.07 Å². The average molecular weight is 280 g/mol. The first kappa shape index (κ1) is 13.9. The SMILES string of the molecule is N#Cc1cc(F)c(CNc2cccc(F)c2F)c(F)c1. The number of nitrogens with zero attached hydrogens (tertiary/aromatic N) is 1. The van der Waals surface area contributed by atoms with Gasteiger partial charge in [-0.05, 0) is 24.3 Å². The lowest BCUT2D eigenvalue weighted by atomic mass is 10.1. The van der Waals surface area contributed by atoms with Gasteiger partial charge in [-0.3, -0.25) is 0 Å². The number of rotatable bonds is 3. The molecule has 0 radical (unpaired) electrons. The van der Waals surface area contributed by atoms with Crippen molar-refractivity contribution in [3.05, 3.63) is 64.7 Å². The number of hydrogen-bond acceptors (Lipinski definition) is 2. The van der Waals surface area contributed by atoms with Gasteiger partial charge in [0.1, 0.15) is 11.6 Å². The van der Waals surface area contributed by atoms with Gasteiger partial charge in [0.15, 0.2) is 11.6 Å². The molecule has 0 fully saturated rings. The zero-order valence-corrected chi connectivity index (χ0v) is 10.1. The smallest absolute Gasteiger partial charge is 0.181 e. The molecule has 1 N–H and O–H groups in total. The molecule has 0 saturated carbocycles. The molecular weight excluding hydrogens is 272 g/mol. The van der Waals surface area contributed by atoms with Gasteiger partial charge in [-0.25, -0.2) is 17.6 Å². The second-order valence-electron chi connectivity index (χ2n) is 3.99. The molecule has 102 valence electrons. The van der Waals surface area contributed by atoms with E-state index in [4.69, 9.17) is 5.26 Å². The molecule has 0 heterocycles. The highest BCUT2D eigenvalue weighted by molar-refractivity contribution is 5.46. The highest BCUT2D eigenvalue weighted by Crippen LogP contribution is 2.20. The fourth-order valence-electron chi connectivity index (χ4n) is 1.66. The average Bonchev–Trinajstić information content (AvgIpc) is 2.42. The van der Waals surface area contributed by atoms with Crippen LogP contribution < -0.4 is 5.32 Å². The molecule has 0 aliphatic carbocycles. The molecule has 0 spiro atoms. The number of benzene rings is 2. The van der Waals surface area contributed by atoms with Gasteiger partial charge >= 0.3 is 0 Å². The molecule has 20 heavy (non-hydrogen) atoms. The van der Waals surface area contributed by atoms with Crippen LogP contribution in [0.25, 0.3) is 0 Å². The van der Waals surface area contributed by atoms with Gasteiger partial charge in [0.25, 0.3) is 0 Å². The molecule has 2 aromatic rings. The highest BCUT2D eigenvalue weighted by Gasteiger charge is 2.13. The zero-order valence-electron chi connectivity index (χ0n) is 10.1. The highest BCUT2D eigenvalue weighted by atomic mass is 19.2. The molecule has 0 aliphatic rings. The summed E-state index contributed by atoms with van der Waals surface area (Å²) in [6, 6.07) is 6.82. The van der Waals surface area contributed by atoms with Gasteiger partial charge in [-0.1, -0.05) is 6.07 Å². The van der Waals surface area contributed by atoms with Crippen LogP contribution in [0.4, 0.5) is 23.2 Å². The van der Waals surface area contributed by atoms with E-state index in [0.29, 0.717) is 0 Å². The Morgan fingerprint density at radius 3 is 2.25 bits per heavy atom. The molecule has 0 unspecified atom stereocenters. The first-order chi connectivity index (χ1) is 9.52. The van der Waals surface area contributed by atoms with E-state index >= 15 is 0 Å². The Bertz CT molecular complexity index is 669. The molecular formula is C14H8F4N2. The van der Waals surface area contributed by atoms with Crippen LogP contribution in [-0.4, -0.2) is 0 Å². The van der Waals surface area contributed by atoms with E-state index in [0.717, 1.165) is 18.2 Å². The van der Waals surface area contributed by atoms with Crippen molar-refractivity contribution in [2.75, 3.05) is 5.32 Å². The maximum atomic E-state index is 13.6. The Hall–Kier alpha value is -2.55. The summed E-state index contributed by atoms with van der Waals surface area (Å²) in [4.78, 5) is 0. The lowest BCUT2D eigenvalue weighted by molar-refractivity contribution is 0.510. The lowest BCUT2D eigenvalue weighted by Crippen LogP contribution is -2.07. The quantitative estimate of drug-likeness (QED) is 0.870. The first-order valence-corrected chi connectivity index (χ1v) is 5.59. The van der Waals surface area contributed by atoms with Crippen LogP contribution in [0.15, 0.2) is 30.3 Å². The minimum absolute atomic E-state index is 0.152. The summed E-state index contributed by atoms with van der Waals surface area (Å²) in [5.74, 6) is -4.03. The van der Waals surface area contributed by atoms with Crippen molar-refractivity contribution in [2.24, 2.45) is 0 Å². The molecule has 2 rings (SSSR count). The molecule has 6 heteroatoms. The number of hydrogen-bond donors (Lipinski definition) is 1. The van der Waals surface area contributed by atoms with E-state index < -0.39 is 23.3 Å². The fourth-order valence-corrected chi connectivity index (χ4v) is 1.66. The topological polar surface area (TPSA) is 35.8 Å². The van der Waals surface area contributed by atoms with Crippen LogP contribution in [-0.2, 0) is 6.54 Å². The van der Waals surface area contributed by atoms with E-state index in [-0.39, 0.29) is 23.4 Å². The minimum Gasteiger partial charge on any atom is -0.378 e. The van der Waals surface area contributed by atoms with Crippen molar-refractivity contribution >= 4 is 5.69 Å². The minimum atomic E-state index is -1.12. The Labute approximate surface area is 112 Å². The van der Waals surface area contributed by atoms with Gasteiger partial charge in [0.05, 0.1) is 17.3 Å². The molecule has 2 aromatic carbocycles. The first-order valence-electron chi connectivity index (χ1n) is 5.59. The summed E-state index contributed by atoms with van der Waals surface area (Å²) in [6.07, 6.45) is 0. The summed E-state index contributed by atoms with van der Waals surface area (Å²) in [7, 11) is 0. The van der Waals surface area contributed by atoms with Crippen molar-refractivity contribution in [3.63, 3.8) is 0 Å². The third-order valence-corrected chi connectivity index (χ3v) is 2.68. The van der Waals surface area contributed by atoms with E-state index in [9.17, 15) is 17.6 Å². The van der Waals surface area contributed by atoms with Gasteiger partial charge in [-0.2, -0.15) is 5.26 Å². The monoisotopic (exact) mass is 280 g/mol. The van der Waals surface area contributed by atoms with Crippen LogP contribution >= 0.6 is 0 Å². The van der Waals surface area contributed by atoms with Gasteiger partial charge < -0.3 is 5.32 Å². The molecule has 0 atom stereocenters. The molecule has 2 nitrogen and oxygen atoms in total. The normalized spacial score (nSPS) is 10.2. The summed E-state index contributed by atoms with van der Waals surface area (Å²) >= 11 is 0. The van der Waals surface area contributed by atoms with E-state index in [2.05, 4.69) is 5.32 Å². The molecule has 0 saturated heterocycles. The Morgan fingerprint density at radius 2 is 1.65 bits per heavy atom. The Kier molecular flexibility index (Phi) is 3.89. The summed E-state index contributed by atoms with van der Waals surface area (Å²) in [6.45, 7) is -0.371. The summed E-state index contributed by atoms with van der Waals surface area (Å²) < 4.78 is 53.5. The van der Waals surface area contributed by atoms with Crippen LogP contribution in [0.2, 0.25) is 0 Å². The molecule has 0 bridgehead atoms. The van der Waals surface area contributed by atoms with Crippen molar-refractivity contribution in [2.45, 2.75) is 6.54 Å². The third-order valence-electron chi connectivity index (χ3n) is 2.68. The second-order valence-corrected chi connectivity index (χ2v) is 3.99. The van der Waals surface area contributed by atoms with Gasteiger partial charge in [-0.15, -0.1) is 0 Å². The largest absolute Gasteiger partial charge is 0.378 e. The molecule has 0 aromatic heterocycles. The van der Waals surface area contributed by atoms with Crippen molar-refractivity contribution < 1.29 is 17.6 Å². The van der Waals surface area contributed by atoms with Crippen LogP contribution in [0.5, 0.6) is 0 Å². The number of nitriles is 1. The predicted molar refractivity (Wildman–Crippen MR) is 64.8 cm³/mol. The van der Waals surface area contributed by atoms with Crippen molar-refractivity contribution in [1.82, 2.24) is 0 Å². The van der Waals surface area contributed by atoms with E-state index in [1.165, 1.54) is 12.1 Å². The molecule has 0 amide bonds. The van der Waals surface area contributed by atoms with Crippen molar-refractivity contribution in [3.8, 4) is 6.07 Å². The predicted octanol–water partition coefficient (Wildman–Crippen LogP) is 3.73. The van der Waals surface area contributed by atoms with Crippen LogP contribution in [0.3, 0.4) is 0 Å². The van der Waals surface area contributed by atoms with Crippen LogP contribution in [0.1, 0.15) is 11.1 Å². The summed E-state index contributed by atoms with van der Waals surface area (Å²) in [5, 5.41) is 11.0. The number of halogens is 4.